The van der Waals surface area contributed by atoms with Crippen molar-refractivity contribution in [3.63, 3.8) is 0 Å². The maximum absolute atomic E-state index is 10.6. The molecule has 0 bridgehead atoms. The van der Waals surface area contributed by atoms with Crippen LogP contribution in [0.25, 0.3) is 6.08 Å². The number of unbranched alkanes of at least 4 members (excludes halogenated alkanes) is 1. The summed E-state index contributed by atoms with van der Waals surface area (Å²) < 4.78 is 0. The summed E-state index contributed by atoms with van der Waals surface area (Å²) in [6.45, 7) is 2.08. The molecule has 0 saturated heterocycles. The summed E-state index contributed by atoms with van der Waals surface area (Å²) in [4.78, 5) is 10.6. The molecule has 0 aromatic heterocycles. The van der Waals surface area contributed by atoms with Gasteiger partial charge in [0.15, 0.2) is 0 Å². The summed E-state index contributed by atoms with van der Waals surface area (Å²) in [6, 6.07) is 8.11. The molecule has 3 N–H and O–H groups in total. The van der Waals surface area contributed by atoms with Crippen LogP contribution in [0.4, 0.5) is 0 Å². The summed E-state index contributed by atoms with van der Waals surface area (Å²) in [6.07, 6.45) is 8.42. The third-order valence-electron chi connectivity index (χ3n) is 3.22. The number of carbonyl (C=O) groups is 1. The molecule has 3 nitrogen and oxygen atoms in total. The number of carbonyl (C=O) groups excluding carboxylic acids is 1. The summed E-state index contributed by atoms with van der Waals surface area (Å²) in [7, 11) is 0. The molecule has 0 fully saturated rings. The Kier molecular flexibility index (Phi) is 7.66. The molecule has 0 aliphatic heterocycles. The average Bonchev–Trinajstić information content (AvgIpc) is 2.40. The molecule has 110 valence electrons. The Morgan fingerprint density at radius 2 is 2.15 bits per heavy atom. The van der Waals surface area contributed by atoms with Crippen molar-refractivity contribution in [2.24, 2.45) is 5.73 Å². The SMILES string of the molecule is CCCC(O)Cc1ccccc1/C=C/CCCC(N)=O. The van der Waals surface area contributed by atoms with Crippen molar-refractivity contribution in [2.75, 3.05) is 0 Å². The van der Waals surface area contributed by atoms with Crippen molar-refractivity contribution in [1.82, 2.24) is 0 Å². The van der Waals surface area contributed by atoms with E-state index in [9.17, 15) is 9.90 Å². The molecule has 1 unspecified atom stereocenters. The Morgan fingerprint density at radius 1 is 1.40 bits per heavy atom. The highest BCUT2D eigenvalue weighted by Gasteiger charge is 2.06. The summed E-state index contributed by atoms with van der Waals surface area (Å²) in [5, 5.41) is 9.92. The number of nitrogens with two attached hydrogens (primary N) is 1. The molecule has 1 rings (SSSR count). The summed E-state index contributed by atoms with van der Waals surface area (Å²) in [5.41, 5.74) is 7.41. The van der Waals surface area contributed by atoms with Crippen molar-refractivity contribution in [1.29, 1.82) is 0 Å². The lowest BCUT2D eigenvalue weighted by atomic mass is 9.99. The zero-order valence-corrected chi connectivity index (χ0v) is 12.2. The van der Waals surface area contributed by atoms with Crippen molar-refractivity contribution < 1.29 is 9.90 Å². The van der Waals surface area contributed by atoms with Gasteiger partial charge in [-0.25, -0.2) is 0 Å². The van der Waals surface area contributed by atoms with E-state index in [1.807, 2.05) is 12.1 Å². The maximum atomic E-state index is 10.6. The molecule has 20 heavy (non-hydrogen) atoms. The topological polar surface area (TPSA) is 63.3 Å². The average molecular weight is 275 g/mol. The number of primary amides is 1. The molecule has 0 aliphatic rings. The first-order valence-corrected chi connectivity index (χ1v) is 7.34. The fourth-order valence-electron chi connectivity index (χ4n) is 2.18. The number of hydrogen-bond donors (Lipinski definition) is 2. The molecule has 0 spiro atoms. The minimum absolute atomic E-state index is 0.249. The highest BCUT2D eigenvalue weighted by atomic mass is 16.3. The fourth-order valence-corrected chi connectivity index (χ4v) is 2.18. The zero-order valence-electron chi connectivity index (χ0n) is 12.2. The van der Waals surface area contributed by atoms with E-state index in [0.29, 0.717) is 12.8 Å². The quantitative estimate of drug-likeness (QED) is 0.680. The third-order valence-corrected chi connectivity index (χ3v) is 3.22. The second kappa shape index (κ2) is 9.32. The van der Waals surface area contributed by atoms with Gasteiger partial charge in [0.05, 0.1) is 6.10 Å². The molecule has 1 atom stereocenters. The normalized spacial score (nSPS) is 12.7. The highest BCUT2D eigenvalue weighted by Crippen LogP contribution is 2.15. The number of allylic oxidation sites excluding steroid dienone is 1. The number of hydrogen-bond acceptors (Lipinski definition) is 2. The molecular weight excluding hydrogens is 250 g/mol. The number of aliphatic hydroxyl groups excluding tert-OH is 1. The van der Waals surface area contributed by atoms with Gasteiger partial charge in [0, 0.05) is 6.42 Å². The summed E-state index contributed by atoms with van der Waals surface area (Å²) in [5.74, 6) is -0.249. The first-order valence-electron chi connectivity index (χ1n) is 7.34. The van der Waals surface area contributed by atoms with E-state index in [1.54, 1.807) is 0 Å². The summed E-state index contributed by atoms with van der Waals surface area (Å²) >= 11 is 0. The Bertz CT molecular complexity index is 440. The highest BCUT2D eigenvalue weighted by molar-refractivity contribution is 5.73. The van der Waals surface area contributed by atoms with Crippen LogP contribution in [0.15, 0.2) is 30.3 Å². The standard InChI is InChI=1S/C17H25NO2/c1-2-8-16(19)13-15-11-7-6-10-14(15)9-4-3-5-12-17(18)20/h4,6-7,9-11,16,19H,2-3,5,8,12-13H2,1H3,(H2,18,20)/b9-4+. The molecule has 0 aliphatic carbocycles. The van der Waals surface area contributed by atoms with Crippen molar-refractivity contribution in [2.45, 2.75) is 51.6 Å². The van der Waals surface area contributed by atoms with Crippen LogP contribution in [-0.2, 0) is 11.2 Å². The van der Waals surface area contributed by atoms with Crippen LogP contribution in [0.1, 0.15) is 50.2 Å². The number of rotatable bonds is 9. The van der Waals surface area contributed by atoms with Crippen LogP contribution >= 0.6 is 0 Å². The van der Waals surface area contributed by atoms with E-state index < -0.39 is 0 Å². The minimum Gasteiger partial charge on any atom is -0.393 e. The van der Waals surface area contributed by atoms with Gasteiger partial charge >= 0.3 is 0 Å². The molecule has 3 heteroatoms. The lowest BCUT2D eigenvalue weighted by Crippen LogP contribution is -2.10. The van der Waals surface area contributed by atoms with E-state index in [0.717, 1.165) is 31.2 Å². The second-order valence-corrected chi connectivity index (χ2v) is 5.11. The molecule has 1 aromatic rings. The zero-order chi connectivity index (χ0) is 14.8. The molecule has 0 radical (unpaired) electrons. The Hall–Kier alpha value is -1.61. The van der Waals surface area contributed by atoms with Crippen LogP contribution < -0.4 is 5.73 Å². The minimum atomic E-state index is -0.274. The van der Waals surface area contributed by atoms with Gasteiger partial charge in [-0.1, -0.05) is 49.8 Å². The van der Waals surface area contributed by atoms with E-state index in [4.69, 9.17) is 5.73 Å². The monoisotopic (exact) mass is 275 g/mol. The molecular formula is C17H25NO2. The predicted octanol–water partition coefficient (Wildman–Crippen LogP) is 3.06. The molecule has 0 heterocycles. The van der Waals surface area contributed by atoms with Gasteiger partial charge in [-0.3, -0.25) is 4.79 Å². The Labute approximate surface area is 121 Å². The number of benzene rings is 1. The van der Waals surface area contributed by atoms with Gasteiger partial charge in [-0.2, -0.15) is 0 Å². The van der Waals surface area contributed by atoms with Crippen LogP contribution in [0.2, 0.25) is 0 Å². The van der Waals surface area contributed by atoms with Crippen LogP contribution in [0, 0.1) is 0 Å². The van der Waals surface area contributed by atoms with Gasteiger partial charge in [0.1, 0.15) is 0 Å². The first-order chi connectivity index (χ1) is 9.63. The van der Waals surface area contributed by atoms with E-state index in [1.165, 1.54) is 5.56 Å². The Balaban J connectivity index is 2.56. The Morgan fingerprint density at radius 3 is 2.85 bits per heavy atom. The lowest BCUT2D eigenvalue weighted by Gasteiger charge is -2.11. The smallest absolute Gasteiger partial charge is 0.217 e. The number of amides is 1. The largest absolute Gasteiger partial charge is 0.393 e. The van der Waals surface area contributed by atoms with E-state index in [-0.39, 0.29) is 12.0 Å². The lowest BCUT2D eigenvalue weighted by molar-refractivity contribution is -0.118. The fraction of sp³-hybridized carbons (Fsp3) is 0.471. The second-order valence-electron chi connectivity index (χ2n) is 5.11. The van der Waals surface area contributed by atoms with Gasteiger partial charge in [0.2, 0.25) is 5.91 Å². The predicted molar refractivity (Wildman–Crippen MR) is 83.1 cm³/mol. The number of aliphatic hydroxyl groups is 1. The van der Waals surface area contributed by atoms with Gasteiger partial charge in [0.25, 0.3) is 0 Å². The van der Waals surface area contributed by atoms with Crippen LogP contribution in [0.3, 0.4) is 0 Å². The van der Waals surface area contributed by atoms with Gasteiger partial charge in [-0.05, 0) is 36.8 Å². The molecule has 0 saturated carbocycles. The molecule has 1 amide bonds. The van der Waals surface area contributed by atoms with Gasteiger partial charge < -0.3 is 10.8 Å². The van der Waals surface area contributed by atoms with Crippen molar-refractivity contribution in [3.8, 4) is 0 Å². The van der Waals surface area contributed by atoms with Crippen LogP contribution in [0.5, 0.6) is 0 Å². The first kappa shape index (κ1) is 16.4. The van der Waals surface area contributed by atoms with Gasteiger partial charge in [-0.15, -0.1) is 0 Å². The van der Waals surface area contributed by atoms with Crippen LogP contribution in [-0.4, -0.2) is 17.1 Å². The van der Waals surface area contributed by atoms with E-state index >= 15 is 0 Å². The van der Waals surface area contributed by atoms with Crippen molar-refractivity contribution >= 4 is 12.0 Å². The van der Waals surface area contributed by atoms with E-state index in [2.05, 4.69) is 31.2 Å². The van der Waals surface area contributed by atoms with Crippen molar-refractivity contribution in [3.05, 3.63) is 41.5 Å². The third kappa shape index (κ3) is 6.53. The molecule has 1 aromatic carbocycles. The maximum Gasteiger partial charge on any atom is 0.217 e.